The number of nitrogens with one attached hydrogen (secondary N) is 1. The molecule has 1 aliphatic heterocycles. The van der Waals surface area contributed by atoms with Crippen molar-refractivity contribution in [1.82, 2.24) is 39.6 Å². The molecule has 8 rings (SSSR count). The number of nitrogens with zero attached hydrogens (tertiary/aromatic N) is 7. The molecule has 3 atom stereocenters. The first-order valence-corrected chi connectivity index (χ1v) is 16.7. The van der Waals surface area contributed by atoms with Gasteiger partial charge in [-0.05, 0) is 68.3 Å². The highest BCUT2D eigenvalue weighted by molar-refractivity contribution is 5.95. The zero-order valence-electron chi connectivity index (χ0n) is 28.2. The highest BCUT2D eigenvalue weighted by Gasteiger charge is 2.59. The van der Waals surface area contributed by atoms with Gasteiger partial charge in [-0.1, -0.05) is 30.3 Å². The largest absolute Gasteiger partial charge is 0.474 e. The number of halogens is 1. The Morgan fingerprint density at radius 2 is 1.67 bits per heavy atom. The molecule has 2 fully saturated rings. The van der Waals surface area contributed by atoms with E-state index in [-0.39, 0.29) is 36.3 Å². The van der Waals surface area contributed by atoms with Crippen molar-refractivity contribution < 1.29 is 23.5 Å². The monoisotopic (exact) mass is 686 g/mol. The molecule has 1 unspecified atom stereocenters. The number of hydrogen-bond acceptors (Lipinski definition) is 8. The number of ether oxygens (including phenoxy) is 2. The third kappa shape index (κ3) is 6.50. The summed E-state index contributed by atoms with van der Waals surface area (Å²) < 4.78 is 27.6. The van der Waals surface area contributed by atoms with E-state index in [0.717, 1.165) is 16.8 Å². The maximum absolute atomic E-state index is 13.8. The smallest absolute Gasteiger partial charge is 0.408 e. The fraction of sp³-hybridized carbons (Fsp3) is 0.263. The number of aromatic nitrogens is 6. The summed E-state index contributed by atoms with van der Waals surface area (Å²) in [7, 11) is 0. The van der Waals surface area contributed by atoms with Crippen LogP contribution >= 0.6 is 0 Å². The first kappa shape index (κ1) is 32.1. The minimum Gasteiger partial charge on any atom is -0.474 e. The molecular weight excluding hydrogens is 651 g/mol. The van der Waals surface area contributed by atoms with Gasteiger partial charge in [0.2, 0.25) is 5.88 Å². The van der Waals surface area contributed by atoms with Gasteiger partial charge in [-0.15, -0.1) is 4.80 Å². The van der Waals surface area contributed by atoms with Gasteiger partial charge >= 0.3 is 6.09 Å². The van der Waals surface area contributed by atoms with Gasteiger partial charge in [-0.25, -0.2) is 19.2 Å². The number of pyridine rings is 2. The molecule has 0 radical (unpaired) electrons. The highest BCUT2D eigenvalue weighted by atomic mass is 19.1. The summed E-state index contributed by atoms with van der Waals surface area (Å²) in [5.74, 6) is 0.217. The van der Waals surface area contributed by atoms with Crippen LogP contribution in [0.5, 0.6) is 5.88 Å². The number of benzene rings is 2. The zero-order valence-corrected chi connectivity index (χ0v) is 28.2. The molecule has 2 aromatic carbocycles. The fourth-order valence-corrected chi connectivity index (χ4v) is 6.72. The molecule has 51 heavy (non-hydrogen) atoms. The van der Waals surface area contributed by atoms with Crippen LogP contribution in [0, 0.1) is 24.6 Å². The number of alkyl carbamates (subject to hydrolysis) is 1. The van der Waals surface area contributed by atoms with E-state index < -0.39 is 11.6 Å². The Labute approximate surface area is 292 Å². The number of piperidine rings is 1. The molecular formula is C38H35FN8O4. The summed E-state index contributed by atoms with van der Waals surface area (Å²) in [6.07, 6.45) is 6.13. The lowest BCUT2D eigenvalue weighted by Gasteiger charge is -2.27. The molecule has 1 aliphatic carbocycles. The standard InChI is InChI=1S/C38H35FN8O4/c1-23-18-45-19-26(15-32(35(45)42-23)47-40-13-14-41-47)36(48)46-20-29-30(21-46)34(29)51-33-17-27(16-31(43-33)25-9-11-28(39)12-10-25)38(2,3)44-37(49)50-22-24-7-5-4-6-8-24/h4-19,29-30,34H,20-22H2,1-3H3,(H,44,49)/t29-,30+,34?. The van der Waals surface area contributed by atoms with Gasteiger partial charge in [0.15, 0.2) is 5.65 Å². The Morgan fingerprint density at radius 3 is 2.39 bits per heavy atom. The lowest BCUT2D eigenvalue weighted by atomic mass is 9.93. The molecule has 1 N–H and O–H groups in total. The third-order valence-corrected chi connectivity index (χ3v) is 9.48. The Balaban J connectivity index is 0.985. The van der Waals surface area contributed by atoms with Gasteiger partial charge in [0, 0.05) is 48.9 Å². The summed E-state index contributed by atoms with van der Waals surface area (Å²) in [5.41, 5.74) is 4.64. The van der Waals surface area contributed by atoms with Crippen molar-refractivity contribution >= 4 is 17.6 Å². The third-order valence-electron chi connectivity index (χ3n) is 9.48. The number of fused-ring (bicyclic) bond motifs is 2. The summed E-state index contributed by atoms with van der Waals surface area (Å²) >= 11 is 0. The second-order valence-corrected chi connectivity index (χ2v) is 13.6. The predicted molar refractivity (Wildman–Crippen MR) is 185 cm³/mol. The number of amides is 2. The van der Waals surface area contributed by atoms with E-state index >= 15 is 0 Å². The molecule has 0 bridgehead atoms. The van der Waals surface area contributed by atoms with Crippen LogP contribution in [0.15, 0.2) is 97.6 Å². The summed E-state index contributed by atoms with van der Waals surface area (Å²) in [4.78, 5) is 39.3. The van der Waals surface area contributed by atoms with Crippen LogP contribution < -0.4 is 10.1 Å². The number of aryl methyl sites for hydroxylation is 1. The van der Waals surface area contributed by atoms with Crippen molar-refractivity contribution in [2.45, 2.75) is 39.0 Å². The van der Waals surface area contributed by atoms with Crippen molar-refractivity contribution in [2.24, 2.45) is 11.8 Å². The van der Waals surface area contributed by atoms with E-state index in [1.54, 1.807) is 36.8 Å². The lowest BCUT2D eigenvalue weighted by Crippen LogP contribution is -2.41. The molecule has 0 spiro atoms. The SMILES string of the molecule is Cc1cn2cc(C(=O)N3C[C@@H]4C(Oc5cc(C(C)(C)NC(=O)OCc6ccccc6)cc(-c6ccc(F)cc6)n5)[C@@H]4C3)cc(-n3nccn3)c2n1. The number of carbonyl (C=O) groups excluding carboxylic acids is 2. The molecule has 5 heterocycles. The number of likely N-dealkylation sites (tertiary alicyclic amines) is 1. The predicted octanol–water partition coefficient (Wildman–Crippen LogP) is 5.74. The number of rotatable bonds is 9. The van der Waals surface area contributed by atoms with Crippen LogP contribution in [0.4, 0.5) is 9.18 Å². The maximum Gasteiger partial charge on any atom is 0.408 e. The Bertz CT molecular complexity index is 2230. The molecule has 2 aliphatic rings. The first-order chi connectivity index (χ1) is 24.6. The van der Waals surface area contributed by atoms with Crippen LogP contribution in [-0.2, 0) is 16.9 Å². The second-order valence-electron chi connectivity index (χ2n) is 13.6. The van der Waals surface area contributed by atoms with Crippen molar-refractivity contribution in [3.8, 4) is 22.8 Å². The minimum atomic E-state index is -0.869. The number of imidazole rings is 1. The fourth-order valence-electron chi connectivity index (χ4n) is 6.72. The average Bonchev–Trinajstić information content (AvgIpc) is 3.62. The van der Waals surface area contributed by atoms with Crippen LogP contribution in [-0.4, -0.2) is 65.5 Å². The average molecular weight is 687 g/mol. The molecule has 1 saturated heterocycles. The van der Waals surface area contributed by atoms with E-state index in [9.17, 15) is 14.0 Å². The normalized spacial score (nSPS) is 18.0. The molecule has 12 nitrogen and oxygen atoms in total. The topological polar surface area (TPSA) is 129 Å². The summed E-state index contributed by atoms with van der Waals surface area (Å²) in [5, 5.41) is 11.5. The van der Waals surface area contributed by atoms with Crippen molar-refractivity contribution in [3.63, 3.8) is 0 Å². The molecule has 13 heteroatoms. The lowest BCUT2D eigenvalue weighted by molar-refractivity contribution is 0.0750. The van der Waals surface area contributed by atoms with Crippen LogP contribution in [0.2, 0.25) is 0 Å². The highest BCUT2D eigenvalue weighted by Crippen LogP contribution is 2.48. The van der Waals surface area contributed by atoms with Gasteiger partial charge in [-0.2, -0.15) is 10.2 Å². The number of carbonyl (C=O) groups is 2. The molecule has 258 valence electrons. The van der Waals surface area contributed by atoms with Gasteiger partial charge in [-0.3, -0.25) is 4.79 Å². The van der Waals surface area contributed by atoms with E-state index in [4.69, 9.17) is 14.5 Å². The van der Waals surface area contributed by atoms with E-state index in [0.29, 0.717) is 47.1 Å². The number of hydrogen-bond donors (Lipinski definition) is 1. The van der Waals surface area contributed by atoms with Crippen molar-refractivity contribution in [1.29, 1.82) is 0 Å². The van der Waals surface area contributed by atoms with Gasteiger partial charge in [0.25, 0.3) is 5.91 Å². The Hall–Kier alpha value is -6.11. The van der Waals surface area contributed by atoms with Crippen molar-refractivity contribution in [2.75, 3.05) is 13.1 Å². The first-order valence-electron chi connectivity index (χ1n) is 16.7. The Morgan fingerprint density at radius 1 is 0.941 bits per heavy atom. The Kier molecular flexibility index (Phi) is 7.97. The molecule has 2 amide bonds. The maximum atomic E-state index is 13.8. The van der Waals surface area contributed by atoms with Crippen LogP contribution in [0.25, 0.3) is 22.6 Å². The minimum absolute atomic E-state index is 0.0895. The van der Waals surface area contributed by atoms with Gasteiger partial charge in [0.1, 0.15) is 24.2 Å². The van der Waals surface area contributed by atoms with E-state index in [1.165, 1.54) is 16.9 Å². The molecule has 6 aromatic rings. The second kappa shape index (κ2) is 12.7. The zero-order chi connectivity index (χ0) is 35.3. The molecule has 1 saturated carbocycles. The summed E-state index contributed by atoms with van der Waals surface area (Å²) in [6, 6.07) is 21.0. The molecule has 4 aromatic heterocycles. The van der Waals surface area contributed by atoms with E-state index in [1.807, 2.05) is 78.7 Å². The van der Waals surface area contributed by atoms with Crippen LogP contribution in [0.3, 0.4) is 0 Å². The van der Waals surface area contributed by atoms with Gasteiger partial charge < -0.3 is 24.1 Å². The van der Waals surface area contributed by atoms with Crippen LogP contribution in [0.1, 0.15) is 41.0 Å². The van der Waals surface area contributed by atoms with E-state index in [2.05, 4.69) is 20.5 Å². The quantitative estimate of drug-likeness (QED) is 0.204. The van der Waals surface area contributed by atoms with Crippen molar-refractivity contribution in [3.05, 3.63) is 126 Å². The summed E-state index contributed by atoms with van der Waals surface area (Å²) in [6.45, 7) is 6.85. The van der Waals surface area contributed by atoms with Gasteiger partial charge in [0.05, 0.1) is 34.9 Å².